The SMILES string of the molecule is C=Cn1nc(C)c2nc(C)c(C)nc21. The van der Waals surface area contributed by atoms with Crippen LogP contribution >= 0.6 is 0 Å². The van der Waals surface area contributed by atoms with Crippen LogP contribution in [0.2, 0.25) is 0 Å². The van der Waals surface area contributed by atoms with Crippen LogP contribution in [0.25, 0.3) is 17.4 Å². The van der Waals surface area contributed by atoms with Crippen LogP contribution in [0, 0.1) is 20.8 Å². The van der Waals surface area contributed by atoms with Gasteiger partial charge in [0.15, 0.2) is 5.65 Å². The van der Waals surface area contributed by atoms with Crippen molar-refractivity contribution in [2.24, 2.45) is 0 Å². The zero-order valence-corrected chi connectivity index (χ0v) is 8.57. The van der Waals surface area contributed by atoms with E-state index in [1.807, 2.05) is 20.8 Å². The Morgan fingerprint density at radius 3 is 2.36 bits per heavy atom. The van der Waals surface area contributed by atoms with Gasteiger partial charge in [-0.05, 0) is 20.8 Å². The molecule has 4 nitrogen and oxygen atoms in total. The summed E-state index contributed by atoms with van der Waals surface area (Å²) in [6, 6.07) is 0. The number of aryl methyl sites for hydroxylation is 3. The van der Waals surface area contributed by atoms with Crippen molar-refractivity contribution >= 4 is 17.4 Å². The summed E-state index contributed by atoms with van der Waals surface area (Å²) in [5.74, 6) is 0. The van der Waals surface area contributed by atoms with Gasteiger partial charge in [0.05, 0.1) is 17.1 Å². The highest BCUT2D eigenvalue weighted by Crippen LogP contribution is 2.15. The topological polar surface area (TPSA) is 43.6 Å². The third-order valence-corrected chi connectivity index (χ3v) is 2.28. The van der Waals surface area contributed by atoms with E-state index in [0.717, 1.165) is 28.2 Å². The van der Waals surface area contributed by atoms with Crippen molar-refractivity contribution < 1.29 is 0 Å². The Bertz CT molecular complexity index is 510. The molecule has 4 heteroatoms. The molecule has 0 atom stereocenters. The van der Waals surface area contributed by atoms with Crippen LogP contribution < -0.4 is 0 Å². The molecule has 0 unspecified atom stereocenters. The second kappa shape index (κ2) is 2.90. The standard InChI is InChI=1S/C10H12N4/c1-5-14-10-9(8(4)13-14)11-6(2)7(3)12-10/h5H,1H2,2-4H3. The molecule has 0 N–H and O–H groups in total. The quantitative estimate of drug-likeness (QED) is 0.686. The van der Waals surface area contributed by atoms with E-state index in [1.54, 1.807) is 10.9 Å². The molecule has 0 aliphatic rings. The predicted octanol–water partition coefficient (Wildman–Crippen LogP) is 1.85. The van der Waals surface area contributed by atoms with E-state index in [-0.39, 0.29) is 0 Å². The van der Waals surface area contributed by atoms with Gasteiger partial charge in [0.25, 0.3) is 0 Å². The number of fused-ring (bicyclic) bond motifs is 1. The summed E-state index contributed by atoms with van der Waals surface area (Å²) in [6.07, 6.45) is 1.64. The summed E-state index contributed by atoms with van der Waals surface area (Å²) in [7, 11) is 0. The molecule has 0 saturated carbocycles. The molecule has 0 radical (unpaired) electrons. The first-order chi connectivity index (χ1) is 6.63. The molecule has 2 aromatic rings. The Morgan fingerprint density at radius 1 is 1.07 bits per heavy atom. The molecule has 0 spiro atoms. The minimum Gasteiger partial charge on any atom is -0.246 e. The fourth-order valence-corrected chi connectivity index (χ4v) is 1.38. The fourth-order valence-electron chi connectivity index (χ4n) is 1.38. The average Bonchev–Trinajstić information content (AvgIpc) is 2.45. The number of hydrogen-bond donors (Lipinski definition) is 0. The van der Waals surface area contributed by atoms with Crippen LogP contribution in [0.4, 0.5) is 0 Å². The Hall–Kier alpha value is -1.71. The van der Waals surface area contributed by atoms with Gasteiger partial charge in [-0.15, -0.1) is 0 Å². The maximum absolute atomic E-state index is 4.45. The van der Waals surface area contributed by atoms with Crippen molar-refractivity contribution in [3.63, 3.8) is 0 Å². The minimum absolute atomic E-state index is 0.778. The van der Waals surface area contributed by atoms with Gasteiger partial charge in [-0.25, -0.2) is 14.6 Å². The van der Waals surface area contributed by atoms with Crippen molar-refractivity contribution in [2.75, 3.05) is 0 Å². The smallest absolute Gasteiger partial charge is 0.181 e. The summed E-state index contributed by atoms with van der Waals surface area (Å²) in [5, 5.41) is 4.26. The summed E-state index contributed by atoms with van der Waals surface area (Å²) >= 11 is 0. The zero-order chi connectivity index (χ0) is 10.3. The van der Waals surface area contributed by atoms with E-state index in [2.05, 4.69) is 21.6 Å². The number of aromatic nitrogens is 4. The minimum atomic E-state index is 0.778. The van der Waals surface area contributed by atoms with Gasteiger partial charge in [0, 0.05) is 6.20 Å². The van der Waals surface area contributed by atoms with Gasteiger partial charge in [0.2, 0.25) is 0 Å². The summed E-state index contributed by atoms with van der Waals surface area (Å²) in [6.45, 7) is 9.49. The molecule has 2 rings (SSSR count). The maximum atomic E-state index is 4.45. The van der Waals surface area contributed by atoms with Crippen molar-refractivity contribution in [2.45, 2.75) is 20.8 Å². The lowest BCUT2D eigenvalue weighted by Gasteiger charge is -1.98. The third kappa shape index (κ3) is 1.11. The molecule has 0 aromatic carbocycles. The van der Waals surface area contributed by atoms with Crippen molar-refractivity contribution in [1.29, 1.82) is 0 Å². The van der Waals surface area contributed by atoms with Crippen LogP contribution in [-0.4, -0.2) is 19.7 Å². The van der Waals surface area contributed by atoms with Gasteiger partial charge in [-0.3, -0.25) is 0 Å². The monoisotopic (exact) mass is 188 g/mol. The van der Waals surface area contributed by atoms with Crippen LogP contribution in [-0.2, 0) is 0 Å². The van der Waals surface area contributed by atoms with Gasteiger partial charge in [0.1, 0.15) is 5.52 Å². The molecule has 0 bridgehead atoms. The van der Waals surface area contributed by atoms with E-state index in [9.17, 15) is 0 Å². The molecular weight excluding hydrogens is 176 g/mol. The van der Waals surface area contributed by atoms with Gasteiger partial charge >= 0.3 is 0 Å². The first-order valence-corrected chi connectivity index (χ1v) is 4.46. The van der Waals surface area contributed by atoms with Crippen LogP contribution in [0.3, 0.4) is 0 Å². The summed E-state index contributed by atoms with van der Waals surface area (Å²) in [4.78, 5) is 8.88. The zero-order valence-electron chi connectivity index (χ0n) is 8.57. The van der Waals surface area contributed by atoms with E-state index in [0.29, 0.717) is 0 Å². The molecule has 0 amide bonds. The largest absolute Gasteiger partial charge is 0.246 e. The highest BCUT2D eigenvalue weighted by atomic mass is 15.3. The first-order valence-electron chi connectivity index (χ1n) is 4.46. The molecule has 0 fully saturated rings. The lowest BCUT2D eigenvalue weighted by Crippen LogP contribution is -1.95. The maximum Gasteiger partial charge on any atom is 0.181 e. The highest BCUT2D eigenvalue weighted by Gasteiger charge is 2.09. The summed E-state index contributed by atoms with van der Waals surface area (Å²) in [5.41, 5.74) is 4.40. The molecule has 0 aliphatic heterocycles. The fraction of sp³-hybridized carbons (Fsp3) is 0.300. The van der Waals surface area contributed by atoms with Crippen molar-refractivity contribution in [1.82, 2.24) is 19.7 Å². The Labute approximate surface area is 82.3 Å². The van der Waals surface area contributed by atoms with Gasteiger partial charge in [-0.1, -0.05) is 6.58 Å². The lowest BCUT2D eigenvalue weighted by atomic mass is 10.3. The Morgan fingerprint density at radius 2 is 1.71 bits per heavy atom. The second-order valence-electron chi connectivity index (χ2n) is 3.28. The van der Waals surface area contributed by atoms with Crippen molar-refractivity contribution in [3.05, 3.63) is 23.7 Å². The number of rotatable bonds is 1. The Kier molecular flexibility index (Phi) is 1.84. The third-order valence-electron chi connectivity index (χ3n) is 2.28. The molecular formula is C10H12N4. The van der Waals surface area contributed by atoms with Gasteiger partial charge < -0.3 is 0 Å². The normalized spacial score (nSPS) is 10.8. The lowest BCUT2D eigenvalue weighted by molar-refractivity contribution is 0.923. The van der Waals surface area contributed by atoms with E-state index >= 15 is 0 Å². The second-order valence-corrected chi connectivity index (χ2v) is 3.28. The predicted molar refractivity (Wildman–Crippen MR) is 55.9 cm³/mol. The van der Waals surface area contributed by atoms with E-state index in [4.69, 9.17) is 0 Å². The molecule has 72 valence electrons. The number of hydrogen-bond acceptors (Lipinski definition) is 3. The first kappa shape index (κ1) is 8.87. The highest BCUT2D eigenvalue weighted by molar-refractivity contribution is 5.75. The average molecular weight is 188 g/mol. The van der Waals surface area contributed by atoms with Gasteiger partial charge in [-0.2, -0.15) is 5.10 Å². The van der Waals surface area contributed by atoms with Crippen LogP contribution in [0.5, 0.6) is 0 Å². The molecule has 14 heavy (non-hydrogen) atoms. The Balaban J connectivity index is 2.90. The molecule has 2 aromatic heterocycles. The molecule has 2 heterocycles. The van der Waals surface area contributed by atoms with E-state index < -0.39 is 0 Å². The summed E-state index contributed by atoms with van der Waals surface area (Å²) < 4.78 is 1.66. The van der Waals surface area contributed by atoms with Crippen LogP contribution in [0.1, 0.15) is 17.1 Å². The number of nitrogens with zero attached hydrogens (tertiary/aromatic N) is 4. The van der Waals surface area contributed by atoms with Crippen LogP contribution in [0.15, 0.2) is 6.58 Å². The molecule has 0 aliphatic carbocycles. The van der Waals surface area contributed by atoms with Crippen molar-refractivity contribution in [3.8, 4) is 0 Å². The molecule has 0 saturated heterocycles. The van der Waals surface area contributed by atoms with E-state index in [1.165, 1.54) is 0 Å².